The number of ether oxygens (including phenoxy) is 4. The van der Waals surface area contributed by atoms with Gasteiger partial charge in [0.1, 0.15) is 0 Å². The molecule has 0 aliphatic rings. The molecule has 4 atom stereocenters. The predicted molar refractivity (Wildman–Crippen MR) is 135 cm³/mol. The Balaban J connectivity index is 2.48. The second kappa shape index (κ2) is 17.5. The van der Waals surface area contributed by atoms with Gasteiger partial charge in [0, 0.05) is 0 Å². The standard InChI is InChI=1S/C28H46O6/c1-7-11-13-23(9-3)19-31-21(5)33-27(29)25-15-17-26(18-16-25)28(30)34-22(6)32-20-24(10-4)14-12-8-2/h15-18,21-24H,7-14,19-20H2,1-6H3. The highest BCUT2D eigenvalue weighted by Crippen LogP contribution is 2.16. The van der Waals surface area contributed by atoms with Gasteiger partial charge in [-0.3, -0.25) is 0 Å². The second-order valence-electron chi connectivity index (χ2n) is 9.02. The van der Waals surface area contributed by atoms with Crippen molar-refractivity contribution in [3.8, 4) is 0 Å². The van der Waals surface area contributed by atoms with Gasteiger partial charge in [-0.15, -0.1) is 0 Å². The molecule has 1 rings (SSSR count). The quantitative estimate of drug-likeness (QED) is 0.165. The van der Waals surface area contributed by atoms with Gasteiger partial charge < -0.3 is 18.9 Å². The minimum absolute atomic E-state index is 0.357. The average molecular weight is 479 g/mol. The Morgan fingerprint density at radius 1 is 0.676 bits per heavy atom. The lowest BCUT2D eigenvalue weighted by Crippen LogP contribution is -2.22. The van der Waals surface area contributed by atoms with E-state index in [1.165, 1.54) is 12.8 Å². The zero-order valence-corrected chi connectivity index (χ0v) is 22.1. The molecule has 1 aromatic carbocycles. The van der Waals surface area contributed by atoms with E-state index < -0.39 is 24.5 Å². The van der Waals surface area contributed by atoms with E-state index in [1.807, 2.05) is 0 Å². The first-order valence-electron chi connectivity index (χ1n) is 13.1. The fourth-order valence-electron chi connectivity index (χ4n) is 3.59. The maximum atomic E-state index is 12.4. The summed E-state index contributed by atoms with van der Waals surface area (Å²) in [6, 6.07) is 6.24. The van der Waals surface area contributed by atoms with Crippen molar-refractivity contribution in [3.05, 3.63) is 35.4 Å². The first kappa shape index (κ1) is 30.1. The summed E-state index contributed by atoms with van der Waals surface area (Å²) in [6.45, 7) is 13.3. The topological polar surface area (TPSA) is 71.1 Å². The van der Waals surface area contributed by atoms with E-state index in [9.17, 15) is 9.59 Å². The second-order valence-corrected chi connectivity index (χ2v) is 9.02. The number of carbonyl (C=O) groups excluding carboxylic acids is 2. The van der Waals surface area contributed by atoms with Gasteiger partial charge in [-0.05, 0) is 62.8 Å². The van der Waals surface area contributed by atoms with Crippen molar-refractivity contribution in [2.45, 2.75) is 105 Å². The number of hydrogen-bond donors (Lipinski definition) is 0. The van der Waals surface area contributed by atoms with Crippen LogP contribution in [0.1, 0.15) is 114 Å². The summed E-state index contributed by atoms with van der Waals surface area (Å²) in [6.07, 6.45) is 7.73. The number of rotatable bonds is 18. The van der Waals surface area contributed by atoms with Crippen molar-refractivity contribution in [1.82, 2.24) is 0 Å². The summed E-state index contributed by atoms with van der Waals surface area (Å²) in [5, 5.41) is 0. The van der Waals surface area contributed by atoms with Crippen LogP contribution in [0, 0.1) is 11.8 Å². The van der Waals surface area contributed by atoms with Crippen molar-refractivity contribution >= 4 is 11.9 Å². The number of carbonyl (C=O) groups is 2. The minimum Gasteiger partial charge on any atom is -0.432 e. The van der Waals surface area contributed by atoms with Gasteiger partial charge >= 0.3 is 11.9 Å². The Hall–Kier alpha value is -1.92. The molecule has 34 heavy (non-hydrogen) atoms. The van der Waals surface area contributed by atoms with E-state index in [-0.39, 0.29) is 0 Å². The molecule has 1 aromatic rings. The largest absolute Gasteiger partial charge is 0.432 e. The van der Waals surface area contributed by atoms with E-state index in [0.717, 1.165) is 38.5 Å². The summed E-state index contributed by atoms with van der Waals surface area (Å²) >= 11 is 0. The van der Waals surface area contributed by atoms with Crippen LogP contribution >= 0.6 is 0 Å². The van der Waals surface area contributed by atoms with Crippen LogP contribution in [0.25, 0.3) is 0 Å². The Morgan fingerprint density at radius 3 is 1.32 bits per heavy atom. The van der Waals surface area contributed by atoms with Crippen LogP contribution in [0.15, 0.2) is 24.3 Å². The summed E-state index contributed by atoms with van der Waals surface area (Å²) in [5.41, 5.74) is 0.715. The van der Waals surface area contributed by atoms with Gasteiger partial charge in [-0.1, -0.05) is 66.2 Å². The fourth-order valence-corrected chi connectivity index (χ4v) is 3.59. The van der Waals surface area contributed by atoms with Crippen molar-refractivity contribution in [2.75, 3.05) is 13.2 Å². The zero-order chi connectivity index (χ0) is 25.3. The zero-order valence-electron chi connectivity index (χ0n) is 22.1. The molecule has 0 radical (unpaired) electrons. The van der Waals surface area contributed by atoms with E-state index in [4.69, 9.17) is 18.9 Å². The Kier molecular flexibility index (Phi) is 15.5. The highest BCUT2D eigenvalue weighted by Gasteiger charge is 2.17. The molecule has 0 fully saturated rings. The average Bonchev–Trinajstić information content (AvgIpc) is 2.84. The minimum atomic E-state index is -0.630. The van der Waals surface area contributed by atoms with E-state index in [0.29, 0.717) is 36.2 Å². The van der Waals surface area contributed by atoms with Crippen LogP contribution < -0.4 is 0 Å². The predicted octanol–water partition coefficient (Wildman–Crippen LogP) is 7.16. The van der Waals surface area contributed by atoms with Crippen molar-refractivity contribution in [3.63, 3.8) is 0 Å². The first-order valence-corrected chi connectivity index (χ1v) is 13.1. The third-order valence-electron chi connectivity index (χ3n) is 6.12. The number of unbranched alkanes of at least 4 members (excludes halogenated alkanes) is 2. The molecule has 0 aliphatic heterocycles. The lowest BCUT2D eigenvalue weighted by atomic mass is 10.0. The molecule has 0 N–H and O–H groups in total. The monoisotopic (exact) mass is 478 g/mol. The molecule has 0 saturated carbocycles. The van der Waals surface area contributed by atoms with Crippen molar-refractivity contribution in [2.24, 2.45) is 11.8 Å². The van der Waals surface area contributed by atoms with Gasteiger partial charge in [0.15, 0.2) is 12.6 Å². The highest BCUT2D eigenvalue weighted by molar-refractivity contribution is 5.93. The van der Waals surface area contributed by atoms with Crippen LogP contribution in [0.3, 0.4) is 0 Å². The lowest BCUT2D eigenvalue weighted by molar-refractivity contribution is -0.109. The van der Waals surface area contributed by atoms with Gasteiger partial charge in [0.2, 0.25) is 0 Å². The number of hydrogen-bond acceptors (Lipinski definition) is 6. The fraction of sp³-hybridized carbons (Fsp3) is 0.714. The summed E-state index contributed by atoms with van der Waals surface area (Å²) in [5.74, 6) is -0.0178. The van der Waals surface area contributed by atoms with E-state index in [1.54, 1.807) is 38.1 Å². The van der Waals surface area contributed by atoms with Gasteiger partial charge in [-0.2, -0.15) is 0 Å². The van der Waals surface area contributed by atoms with Crippen molar-refractivity contribution < 1.29 is 28.5 Å². The molecule has 6 nitrogen and oxygen atoms in total. The number of esters is 2. The third kappa shape index (κ3) is 12.0. The van der Waals surface area contributed by atoms with Crippen LogP contribution in [0.2, 0.25) is 0 Å². The van der Waals surface area contributed by atoms with Crippen LogP contribution in [-0.4, -0.2) is 37.7 Å². The van der Waals surface area contributed by atoms with Crippen LogP contribution in [0.5, 0.6) is 0 Å². The Bertz CT molecular complexity index is 628. The smallest absolute Gasteiger partial charge is 0.340 e. The maximum Gasteiger partial charge on any atom is 0.340 e. The SMILES string of the molecule is CCCCC(CC)COC(C)OC(=O)c1ccc(C(=O)OC(C)OCC(CC)CCCC)cc1. The molecule has 0 saturated heterocycles. The molecule has 0 heterocycles. The molecular formula is C28H46O6. The molecule has 0 aromatic heterocycles. The molecule has 0 amide bonds. The molecule has 194 valence electrons. The van der Waals surface area contributed by atoms with E-state index in [2.05, 4.69) is 27.7 Å². The molecule has 0 spiro atoms. The first-order chi connectivity index (χ1) is 16.3. The molecule has 0 bridgehead atoms. The lowest BCUT2D eigenvalue weighted by Gasteiger charge is -2.19. The highest BCUT2D eigenvalue weighted by atomic mass is 16.7. The van der Waals surface area contributed by atoms with Crippen LogP contribution in [-0.2, 0) is 18.9 Å². The summed E-state index contributed by atoms with van der Waals surface area (Å²) < 4.78 is 22.2. The molecule has 6 heteroatoms. The van der Waals surface area contributed by atoms with Crippen molar-refractivity contribution in [1.29, 1.82) is 0 Å². The van der Waals surface area contributed by atoms with Gasteiger partial charge in [0.25, 0.3) is 0 Å². The molecular weight excluding hydrogens is 432 g/mol. The normalized spacial score (nSPS) is 14.8. The Labute approximate surface area is 206 Å². The number of benzene rings is 1. The maximum absolute atomic E-state index is 12.4. The van der Waals surface area contributed by atoms with E-state index >= 15 is 0 Å². The third-order valence-corrected chi connectivity index (χ3v) is 6.12. The summed E-state index contributed by atoms with van der Waals surface area (Å²) in [4.78, 5) is 24.8. The molecule has 4 unspecified atom stereocenters. The molecule has 0 aliphatic carbocycles. The van der Waals surface area contributed by atoms with Gasteiger partial charge in [0.05, 0.1) is 24.3 Å². The van der Waals surface area contributed by atoms with Crippen LogP contribution in [0.4, 0.5) is 0 Å². The van der Waals surface area contributed by atoms with Gasteiger partial charge in [-0.25, -0.2) is 9.59 Å². The summed E-state index contributed by atoms with van der Waals surface area (Å²) in [7, 11) is 0. The Morgan fingerprint density at radius 2 is 1.03 bits per heavy atom.